The first-order chi connectivity index (χ1) is 21.0. The van der Waals surface area contributed by atoms with Crippen molar-refractivity contribution in [2.45, 2.75) is 50.5 Å². The van der Waals surface area contributed by atoms with Crippen LogP contribution in [0, 0.1) is 5.82 Å². The van der Waals surface area contributed by atoms with E-state index in [0.29, 0.717) is 35.2 Å². The van der Waals surface area contributed by atoms with Gasteiger partial charge in [-0.2, -0.15) is 0 Å². The zero-order valence-corrected chi connectivity index (χ0v) is 24.6. The fraction of sp³-hybridized carbons (Fsp3) is 0.364. The normalized spacial score (nSPS) is 20.4. The molecule has 2 fully saturated rings. The van der Waals surface area contributed by atoms with E-state index >= 15 is 0 Å². The second-order valence-electron chi connectivity index (χ2n) is 11.3. The number of nitrogens with zero attached hydrogens (tertiary/aromatic N) is 4. The Hall–Kier alpha value is -3.79. The second kappa shape index (κ2) is 11.7. The molecule has 0 aliphatic carbocycles. The molecule has 2 aromatic carbocycles. The predicted molar refractivity (Wildman–Crippen MR) is 161 cm³/mol. The number of rotatable bonds is 7. The summed E-state index contributed by atoms with van der Waals surface area (Å²) in [5, 5.41) is 0.364. The summed E-state index contributed by atoms with van der Waals surface area (Å²) in [6, 6.07) is 14.4. The molecule has 0 spiro atoms. The number of hydrogen-bond donors (Lipinski definition) is 0. The summed E-state index contributed by atoms with van der Waals surface area (Å²) in [7, 11) is 1.36. The van der Waals surface area contributed by atoms with Crippen molar-refractivity contribution in [2.75, 3.05) is 26.8 Å². The van der Waals surface area contributed by atoms with E-state index in [1.165, 1.54) is 13.2 Å². The number of fused-ring (bicyclic) bond motifs is 2. The Bertz CT molecular complexity index is 1710. The van der Waals surface area contributed by atoms with Crippen molar-refractivity contribution in [3.63, 3.8) is 0 Å². The van der Waals surface area contributed by atoms with Crippen LogP contribution in [0.3, 0.4) is 0 Å². The molecule has 5 heterocycles. The zero-order chi connectivity index (χ0) is 29.5. The molecule has 7 rings (SSSR count). The summed E-state index contributed by atoms with van der Waals surface area (Å²) >= 11 is 5.98. The Kier molecular flexibility index (Phi) is 7.63. The Morgan fingerprint density at radius 2 is 1.93 bits per heavy atom. The van der Waals surface area contributed by atoms with E-state index in [1.54, 1.807) is 18.2 Å². The monoisotopic (exact) mass is 602 g/mol. The molecule has 0 bridgehead atoms. The number of halogens is 2. The molecule has 3 aliphatic rings. The third-order valence-corrected chi connectivity index (χ3v) is 8.91. The number of ether oxygens (including phenoxy) is 3. The number of para-hydroxylation sites is 1. The van der Waals surface area contributed by atoms with E-state index in [4.69, 9.17) is 30.8 Å². The van der Waals surface area contributed by atoms with Gasteiger partial charge in [0.05, 0.1) is 26.3 Å². The van der Waals surface area contributed by atoms with E-state index < -0.39 is 12.1 Å². The van der Waals surface area contributed by atoms with Gasteiger partial charge < -0.3 is 18.8 Å². The van der Waals surface area contributed by atoms with E-state index in [-0.39, 0.29) is 17.6 Å². The molecule has 0 saturated carbocycles. The van der Waals surface area contributed by atoms with E-state index in [0.717, 1.165) is 67.2 Å². The van der Waals surface area contributed by atoms with Crippen LogP contribution >= 0.6 is 11.6 Å². The van der Waals surface area contributed by atoms with Gasteiger partial charge >= 0.3 is 5.97 Å². The van der Waals surface area contributed by atoms with Crippen molar-refractivity contribution >= 4 is 34.8 Å². The standard InChI is InChI=1S/C33H32ClFN4O4/c1-41-33(40)28-9-8-27-32(37-28)39(18-23-13-16-42-23)30(36-27)19-38-14-11-20(12-15-38)24-4-2-3-21-5-10-29(43-31(21)24)25-7-6-22(34)17-26(25)35/h2-10,17,20,23,29H,11-16,18-19H2,1H3/t23-,29+/m1/s1. The summed E-state index contributed by atoms with van der Waals surface area (Å²) in [5.41, 5.74) is 4.34. The number of piperidine rings is 1. The van der Waals surface area contributed by atoms with E-state index in [9.17, 15) is 9.18 Å². The van der Waals surface area contributed by atoms with Crippen molar-refractivity contribution in [1.29, 1.82) is 0 Å². The maximum atomic E-state index is 14.7. The first-order valence-corrected chi connectivity index (χ1v) is 15.1. The molecule has 43 heavy (non-hydrogen) atoms. The third-order valence-electron chi connectivity index (χ3n) is 8.68. The van der Waals surface area contributed by atoms with Crippen LogP contribution in [0.1, 0.15) is 64.3 Å². The maximum absolute atomic E-state index is 14.7. The molecule has 0 amide bonds. The van der Waals surface area contributed by atoms with E-state index in [2.05, 4.69) is 26.6 Å². The number of aromatic nitrogens is 3. The summed E-state index contributed by atoms with van der Waals surface area (Å²) in [5.74, 6) is 1.22. The van der Waals surface area contributed by atoms with Gasteiger partial charge in [0.2, 0.25) is 0 Å². The molecule has 222 valence electrons. The average molecular weight is 603 g/mol. The van der Waals surface area contributed by atoms with Crippen LogP contribution in [0.5, 0.6) is 5.75 Å². The number of hydrogen-bond acceptors (Lipinski definition) is 7. The Labute approximate surface area is 254 Å². The molecule has 0 unspecified atom stereocenters. The number of methoxy groups -OCH3 is 1. The quantitative estimate of drug-likeness (QED) is 0.229. The zero-order valence-electron chi connectivity index (χ0n) is 23.8. The average Bonchev–Trinajstić information content (AvgIpc) is 3.34. The smallest absolute Gasteiger partial charge is 0.356 e. The van der Waals surface area contributed by atoms with Gasteiger partial charge in [0.1, 0.15) is 29.0 Å². The van der Waals surface area contributed by atoms with Crippen LogP contribution in [0.25, 0.3) is 17.2 Å². The van der Waals surface area contributed by atoms with Gasteiger partial charge in [-0.1, -0.05) is 41.9 Å². The van der Waals surface area contributed by atoms with Crippen LogP contribution in [0.4, 0.5) is 4.39 Å². The van der Waals surface area contributed by atoms with Crippen molar-refractivity contribution < 1.29 is 23.4 Å². The maximum Gasteiger partial charge on any atom is 0.356 e. The molecule has 3 aliphatic heterocycles. The number of benzene rings is 2. The van der Waals surface area contributed by atoms with Crippen LogP contribution in [-0.4, -0.2) is 58.3 Å². The fourth-order valence-corrected chi connectivity index (χ4v) is 6.39. The van der Waals surface area contributed by atoms with Crippen LogP contribution < -0.4 is 4.74 Å². The highest BCUT2D eigenvalue weighted by atomic mass is 35.5. The Balaban J connectivity index is 1.08. The molecular weight excluding hydrogens is 571 g/mol. The molecule has 2 atom stereocenters. The van der Waals surface area contributed by atoms with Crippen LogP contribution in [-0.2, 0) is 22.6 Å². The van der Waals surface area contributed by atoms with Gasteiger partial charge in [-0.15, -0.1) is 0 Å². The van der Waals surface area contributed by atoms with Crippen LogP contribution in [0.2, 0.25) is 5.02 Å². The van der Waals surface area contributed by atoms with Crippen molar-refractivity contribution in [3.8, 4) is 5.75 Å². The van der Waals surface area contributed by atoms with Gasteiger partial charge in [-0.05, 0) is 74.2 Å². The number of pyridine rings is 1. The minimum atomic E-state index is -0.507. The first-order valence-electron chi connectivity index (χ1n) is 14.7. The SMILES string of the molecule is COC(=O)c1ccc2nc(CN3CCC(c4cccc5c4O[C@H](c4ccc(Cl)cc4F)C=C5)CC3)n(C[C@H]3CCO3)c2n1. The lowest BCUT2D eigenvalue weighted by Gasteiger charge is -2.34. The fourth-order valence-electron chi connectivity index (χ4n) is 6.23. The highest BCUT2D eigenvalue weighted by Crippen LogP contribution is 2.42. The number of likely N-dealkylation sites (tertiary alicyclic amines) is 1. The number of carbonyl (C=O) groups excluding carboxylic acids is 1. The van der Waals surface area contributed by atoms with Gasteiger partial charge in [-0.25, -0.2) is 19.2 Å². The van der Waals surface area contributed by atoms with Crippen molar-refractivity contribution in [1.82, 2.24) is 19.4 Å². The molecule has 2 aromatic heterocycles. The highest BCUT2D eigenvalue weighted by molar-refractivity contribution is 6.30. The third kappa shape index (κ3) is 5.53. The van der Waals surface area contributed by atoms with Gasteiger partial charge in [0, 0.05) is 22.8 Å². The minimum Gasteiger partial charge on any atom is -0.481 e. The molecule has 4 aromatic rings. The number of esters is 1. The minimum absolute atomic E-state index is 0.119. The summed E-state index contributed by atoms with van der Waals surface area (Å²) < 4.78 is 33.9. The van der Waals surface area contributed by atoms with Gasteiger partial charge in [0.15, 0.2) is 11.3 Å². The largest absolute Gasteiger partial charge is 0.481 e. The molecule has 8 nitrogen and oxygen atoms in total. The lowest BCUT2D eigenvalue weighted by Crippen LogP contribution is -2.35. The molecule has 0 radical (unpaired) electrons. The first kappa shape index (κ1) is 28.0. The molecule has 2 saturated heterocycles. The molecule has 10 heteroatoms. The Morgan fingerprint density at radius 1 is 1.09 bits per heavy atom. The van der Waals surface area contributed by atoms with E-state index in [1.807, 2.05) is 24.3 Å². The summed E-state index contributed by atoms with van der Waals surface area (Å²) in [4.78, 5) is 24.1. The topological polar surface area (TPSA) is 78.7 Å². The van der Waals surface area contributed by atoms with Crippen LogP contribution in [0.15, 0.2) is 54.6 Å². The number of carbonyl (C=O) groups is 1. The summed E-state index contributed by atoms with van der Waals surface area (Å²) in [6.07, 6.45) is 6.43. The van der Waals surface area contributed by atoms with Gasteiger partial charge in [0.25, 0.3) is 0 Å². The molecule has 0 N–H and O–H groups in total. The van der Waals surface area contributed by atoms with Crippen molar-refractivity contribution in [3.05, 3.63) is 93.7 Å². The molecular formula is C33H32ClFN4O4. The highest BCUT2D eigenvalue weighted by Gasteiger charge is 2.29. The van der Waals surface area contributed by atoms with Gasteiger partial charge in [-0.3, -0.25) is 4.90 Å². The van der Waals surface area contributed by atoms with Crippen molar-refractivity contribution in [2.24, 2.45) is 0 Å². The Morgan fingerprint density at radius 3 is 2.67 bits per heavy atom. The number of imidazole rings is 1. The lowest BCUT2D eigenvalue weighted by atomic mass is 9.87. The predicted octanol–water partition coefficient (Wildman–Crippen LogP) is 6.33. The lowest BCUT2D eigenvalue weighted by molar-refractivity contribution is -0.0593. The summed E-state index contributed by atoms with van der Waals surface area (Å²) in [6.45, 7) is 3.87. The second-order valence-corrected chi connectivity index (χ2v) is 11.8.